The van der Waals surface area contributed by atoms with Crippen molar-refractivity contribution in [3.8, 4) is 0 Å². The topological polar surface area (TPSA) is 67.6 Å². The van der Waals surface area contributed by atoms with Gasteiger partial charge in [0.15, 0.2) is 5.82 Å². The van der Waals surface area contributed by atoms with E-state index in [1.54, 1.807) is 0 Å². The summed E-state index contributed by atoms with van der Waals surface area (Å²) in [6.45, 7) is 1.71. The molecule has 0 aliphatic carbocycles. The number of hydrogen-bond acceptors (Lipinski definition) is 4. The first-order chi connectivity index (χ1) is 9.43. The van der Waals surface area contributed by atoms with E-state index in [0.717, 1.165) is 18.7 Å². The zero-order chi connectivity index (χ0) is 15.1. The fourth-order valence-corrected chi connectivity index (χ4v) is 1.45. The molecule has 0 atom stereocenters. The molecule has 0 saturated carbocycles. The van der Waals surface area contributed by atoms with E-state index in [1.807, 2.05) is 19.0 Å². The van der Waals surface area contributed by atoms with Gasteiger partial charge in [0.05, 0.1) is 18.9 Å². The summed E-state index contributed by atoms with van der Waals surface area (Å²) in [5.74, 6) is -2.83. The Morgan fingerprint density at radius 2 is 2.05 bits per heavy atom. The number of nitrogens with zero attached hydrogens (tertiary/aromatic N) is 1. The first kappa shape index (κ1) is 16.3. The van der Waals surface area contributed by atoms with E-state index >= 15 is 0 Å². The Bertz CT molecular complexity index is 467. The molecular weight excluding hydrogens is 268 g/mol. The molecule has 5 nitrogen and oxygen atoms in total. The van der Waals surface area contributed by atoms with Gasteiger partial charge in [-0.1, -0.05) is 0 Å². The van der Waals surface area contributed by atoms with Crippen molar-refractivity contribution in [3.63, 3.8) is 0 Å². The third-order valence-corrected chi connectivity index (χ3v) is 2.56. The fourth-order valence-electron chi connectivity index (χ4n) is 1.45. The number of carbonyl (C=O) groups excluding carboxylic acids is 1. The highest BCUT2D eigenvalue weighted by Crippen LogP contribution is 2.18. The van der Waals surface area contributed by atoms with E-state index < -0.39 is 23.1 Å². The fraction of sp³-hybridized carbons (Fsp3) is 0.462. The largest absolute Gasteiger partial charge is 0.396 e. The minimum absolute atomic E-state index is 0.167. The zero-order valence-electron chi connectivity index (χ0n) is 11.6. The lowest BCUT2D eigenvalue weighted by Gasteiger charge is -2.11. The summed E-state index contributed by atoms with van der Waals surface area (Å²) in [6.07, 6.45) is 0. The molecule has 0 spiro atoms. The summed E-state index contributed by atoms with van der Waals surface area (Å²) < 4.78 is 32.2. The molecule has 0 aliphatic rings. The number of carbonyl (C=O) groups is 1. The van der Waals surface area contributed by atoms with Crippen LogP contribution >= 0.6 is 0 Å². The van der Waals surface area contributed by atoms with Crippen LogP contribution in [-0.4, -0.2) is 51.2 Å². The van der Waals surface area contributed by atoms with Crippen LogP contribution < -0.4 is 11.1 Å². The molecule has 1 rings (SSSR count). The van der Waals surface area contributed by atoms with Gasteiger partial charge in [0.2, 0.25) is 0 Å². The smallest absolute Gasteiger partial charge is 0.257 e. The summed E-state index contributed by atoms with van der Waals surface area (Å²) in [6, 6.07) is 2.03. The van der Waals surface area contributed by atoms with Crippen molar-refractivity contribution >= 4 is 11.6 Å². The van der Waals surface area contributed by atoms with Crippen molar-refractivity contribution in [1.29, 1.82) is 0 Å². The number of anilines is 1. The SMILES string of the molecule is CN(C)CCOCCNC(=O)c1c(F)ccc(N)c1F. The van der Waals surface area contributed by atoms with E-state index in [2.05, 4.69) is 5.32 Å². The number of halogens is 2. The zero-order valence-corrected chi connectivity index (χ0v) is 11.6. The van der Waals surface area contributed by atoms with E-state index in [4.69, 9.17) is 10.5 Å². The molecular formula is C13H19F2N3O2. The molecule has 0 bridgehead atoms. The maximum absolute atomic E-state index is 13.6. The minimum atomic E-state index is -1.05. The van der Waals surface area contributed by atoms with Crippen molar-refractivity contribution in [3.05, 3.63) is 29.3 Å². The lowest BCUT2D eigenvalue weighted by molar-refractivity contribution is 0.0892. The van der Waals surface area contributed by atoms with Crippen LogP contribution in [0.25, 0.3) is 0 Å². The molecule has 0 radical (unpaired) electrons. The van der Waals surface area contributed by atoms with E-state index in [1.165, 1.54) is 0 Å². The Morgan fingerprint density at radius 1 is 1.35 bits per heavy atom. The monoisotopic (exact) mass is 287 g/mol. The van der Waals surface area contributed by atoms with Crippen molar-refractivity contribution in [2.24, 2.45) is 0 Å². The normalized spacial score (nSPS) is 10.8. The first-order valence-electron chi connectivity index (χ1n) is 6.17. The van der Waals surface area contributed by atoms with Gasteiger partial charge in [-0.25, -0.2) is 8.78 Å². The summed E-state index contributed by atoms with van der Waals surface area (Å²) in [4.78, 5) is 13.6. The summed E-state index contributed by atoms with van der Waals surface area (Å²) in [5.41, 5.74) is 4.37. The Hall–Kier alpha value is -1.73. The van der Waals surface area contributed by atoms with E-state index in [9.17, 15) is 13.6 Å². The Kier molecular flexibility index (Phi) is 6.33. The summed E-state index contributed by atoms with van der Waals surface area (Å²) in [7, 11) is 3.83. The average molecular weight is 287 g/mol. The first-order valence-corrected chi connectivity index (χ1v) is 6.17. The average Bonchev–Trinajstić information content (AvgIpc) is 2.38. The third kappa shape index (κ3) is 4.75. The van der Waals surface area contributed by atoms with Crippen molar-refractivity contribution in [2.45, 2.75) is 0 Å². The molecule has 1 aromatic carbocycles. The van der Waals surface area contributed by atoms with Crippen LogP contribution in [0.2, 0.25) is 0 Å². The summed E-state index contributed by atoms with van der Waals surface area (Å²) in [5, 5.41) is 2.38. The van der Waals surface area contributed by atoms with Gasteiger partial charge in [-0.15, -0.1) is 0 Å². The molecule has 1 aromatic rings. The Labute approximate surface area is 116 Å². The second kappa shape index (κ2) is 7.76. The van der Waals surface area contributed by atoms with Gasteiger partial charge in [0, 0.05) is 13.1 Å². The van der Waals surface area contributed by atoms with Crippen LogP contribution in [0.4, 0.5) is 14.5 Å². The van der Waals surface area contributed by atoms with Crippen LogP contribution in [0.5, 0.6) is 0 Å². The molecule has 0 unspecified atom stereocenters. The number of nitrogens with two attached hydrogens (primary N) is 1. The maximum atomic E-state index is 13.6. The highest BCUT2D eigenvalue weighted by Gasteiger charge is 2.18. The number of hydrogen-bond donors (Lipinski definition) is 2. The van der Waals surface area contributed by atoms with Gasteiger partial charge in [-0.05, 0) is 26.2 Å². The molecule has 0 heterocycles. The highest BCUT2D eigenvalue weighted by molar-refractivity contribution is 5.95. The lowest BCUT2D eigenvalue weighted by atomic mass is 10.1. The number of amides is 1. The van der Waals surface area contributed by atoms with Crippen molar-refractivity contribution < 1.29 is 18.3 Å². The van der Waals surface area contributed by atoms with Gasteiger partial charge in [0.1, 0.15) is 11.4 Å². The second-order valence-electron chi connectivity index (χ2n) is 4.50. The van der Waals surface area contributed by atoms with Gasteiger partial charge >= 0.3 is 0 Å². The number of benzene rings is 1. The Morgan fingerprint density at radius 3 is 2.70 bits per heavy atom. The van der Waals surface area contributed by atoms with Crippen LogP contribution in [0.3, 0.4) is 0 Å². The lowest BCUT2D eigenvalue weighted by Crippen LogP contribution is -2.30. The molecule has 0 aromatic heterocycles. The van der Waals surface area contributed by atoms with E-state index in [0.29, 0.717) is 6.61 Å². The third-order valence-electron chi connectivity index (χ3n) is 2.56. The molecule has 0 aliphatic heterocycles. The van der Waals surface area contributed by atoms with Crippen molar-refractivity contribution in [1.82, 2.24) is 10.2 Å². The molecule has 7 heteroatoms. The molecule has 3 N–H and O–H groups in total. The standard InChI is InChI=1S/C13H19F2N3O2/c1-18(2)6-8-20-7-5-17-13(19)11-9(14)3-4-10(16)12(11)15/h3-4H,5-8,16H2,1-2H3,(H,17,19). The van der Waals surface area contributed by atoms with Crippen LogP contribution in [0, 0.1) is 11.6 Å². The number of ether oxygens (including phenoxy) is 1. The maximum Gasteiger partial charge on any atom is 0.257 e. The minimum Gasteiger partial charge on any atom is -0.396 e. The van der Waals surface area contributed by atoms with Gasteiger partial charge in [0.25, 0.3) is 5.91 Å². The van der Waals surface area contributed by atoms with Gasteiger partial charge in [-0.3, -0.25) is 4.79 Å². The van der Waals surface area contributed by atoms with E-state index in [-0.39, 0.29) is 18.8 Å². The van der Waals surface area contributed by atoms with Crippen molar-refractivity contribution in [2.75, 3.05) is 46.1 Å². The predicted molar refractivity (Wildman–Crippen MR) is 72.5 cm³/mol. The van der Waals surface area contributed by atoms with Gasteiger partial charge < -0.3 is 20.7 Å². The number of nitrogens with one attached hydrogen (secondary N) is 1. The van der Waals surface area contributed by atoms with Crippen LogP contribution in [-0.2, 0) is 4.74 Å². The van der Waals surface area contributed by atoms with Gasteiger partial charge in [-0.2, -0.15) is 0 Å². The molecule has 1 amide bonds. The predicted octanol–water partition coefficient (Wildman–Crippen LogP) is 0.855. The quantitative estimate of drug-likeness (QED) is 0.576. The number of rotatable bonds is 7. The Balaban J connectivity index is 2.42. The molecule has 20 heavy (non-hydrogen) atoms. The summed E-state index contributed by atoms with van der Waals surface area (Å²) >= 11 is 0. The molecule has 112 valence electrons. The van der Waals surface area contributed by atoms with Crippen LogP contribution in [0.1, 0.15) is 10.4 Å². The number of likely N-dealkylation sites (N-methyl/N-ethyl adjacent to an activating group) is 1. The molecule has 0 fully saturated rings. The second-order valence-corrected chi connectivity index (χ2v) is 4.50. The molecule has 0 saturated heterocycles. The van der Waals surface area contributed by atoms with Crippen LogP contribution in [0.15, 0.2) is 12.1 Å². The highest BCUT2D eigenvalue weighted by atomic mass is 19.1. The number of nitrogen functional groups attached to an aromatic ring is 1.